The molecule has 1 amide bonds. The zero-order valence-corrected chi connectivity index (χ0v) is 30.6. The monoisotopic (exact) mass is 725 g/mol. The third kappa shape index (κ3) is 5.43. The second-order valence-corrected chi connectivity index (χ2v) is 15.5. The van der Waals surface area contributed by atoms with E-state index in [-0.39, 0.29) is 23.4 Å². The highest BCUT2D eigenvalue weighted by molar-refractivity contribution is 6.39. The highest BCUT2D eigenvalue weighted by atomic mass is 35.5. The molecule has 3 saturated heterocycles. The summed E-state index contributed by atoms with van der Waals surface area (Å²) in [5.41, 5.74) is 9.75. The average molecular weight is 727 g/mol. The molecule has 2 aliphatic carbocycles. The molecule has 9 nitrogen and oxygen atoms in total. The predicted molar refractivity (Wildman–Crippen MR) is 198 cm³/mol. The second kappa shape index (κ2) is 12.7. The largest absolute Gasteiger partial charge is 0.481 e. The van der Waals surface area contributed by atoms with Gasteiger partial charge in [0.15, 0.2) is 0 Å². The van der Waals surface area contributed by atoms with Gasteiger partial charge in [0.25, 0.3) is 0 Å². The number of carbonyl (C=O) groups excluding carboxylic acids is 1. The van der Waals surface area contributed by atoms with Gasteiger partial charge >= 0.3 is 0 Å². The number of pyridine rings is 2. The van der Waals surface area contributed by atoms with Crippen molar-refractivity contribution in [3.63, 3.8) is 0 Å². The van der Waals surface area contributed by atoms with Crippen molar-refractivity contribution in [2.24, 2.45) is 5.41 Å². The molecule has 1 N–H and O–H groups in total. The third-order valence-corrected chi connectivity index (χ3v) is 12.7. The van der Waals surface area contributed by atoms with E-state index in [9.17, 15) is 4.79 Å². The van der Waals surface area contributed by atoms with Crippen LogP contribution in [0.1, 0.15) is 53.6 Å². The van der Waals surface area contributed by atoms with Crippen molar-refractivity contribution in [2.75, 3.05) is 54.1 Å². The lowest BCUT2D eigenvalue weighted by molar-refractivity contribution is -0.121. The number of hydrogen-bond donors (Lipinski definition) is 1. The molecule has 4 aromatic rings. The van der Waals surface area contributed by atoms with Crippen LogP contribution in [0, 0.1) is 5.41 Å². The number of amides is 1. The number of ether oxygens (including phenoxy) is 3. The normalized spacial score (nSPS) is 22.4. The Hall–Kier alpha value is -3.73. The number of carbonyl (C=O) groups is 1. The quantitative estimate of drug-likeness (QED) is 0.209. The smallest absolute Gasteiger partial charge is 0.220 e. The summed E-state index contributed by atoms with van der Waals surface area (Å²) in [4.78, 5) is 26.9. The highest BCUT2D eigenvalue weighted by Gasteiger charge is 2.51. The first-order chi connectivity index (χ1) is 24.8. The van der Waals surface area contributed by atoms with E-state index in [0.29, 0.717) is 34.3 Å². The van der Waals surface area contributed by atoms with Crippen LogP contribution in [-0.4, -0.2) is 85.8 Å². The van der Waals surface area contributed by atoms with Crippen molar-refractivity contribution in [2.45, 2.75) is 50.3 Å². The number of aryl methyl sites for hydroxylation is 2. The van der Waals surface area contributed by atoms with Crippen molar-refractivity contribution in [3.8, 4) is 45.4 Å². The van der Waals surface area contributed by atoms with E-state index in [1.807, 2.05) is 36.4 Å². The molecule has 0 radical (unpaired) electrons. The van der Waals surface area contributed by atoms with Crippen LogP contribution >= 0.6 is 23.2 Å². The molecule has 51 heavy (non-hydrogen) atoms. The minimum Gasteiger partial charge on any atom is -0.481 e. The Balaban J connectivity index is 1.02. The molecule has 5 aliphatic rings. The summed E-state index contributed by atoms with van der Waals surface area (Å²) in [6.45, 7) is 4.45. The summed E-state index contributed by atoms with van der Waals surface area (Å²) in [5.74, 6) is 1.46. The summed E-state index contributed by atoms with van der Waals surface area (Å²) < 4.78 is 17.4. The van der Waals surface area contributed by atoms with Crippen LogP contribution in [0.5, 0.6) is 11.8 Å². The summed E-state index contributed by atoms with van der Waals surface area (Å²) in [5, 5.41) is 4.18. The molecule has 0 bridgehead atoms. The lowest BCUT2D eigenvalue weighted by atomic mass is 9.77. The SMILES string of the molecule is COc1nc(-c2cccc(-c3cccc(-c4cc5c(c(OC)n4)[C@H](N4CC6(CNC(=O)C6)C4)CC5)c3Cl)c2Cl)cc2c1[C@H](N1CC(OC)C1)CC2. The second-order valence-electron chi connectivity index (χ2n) is 14.8. The number of methoxy groups -OCH3 is 3. The number of aromatic nitrogens is 2. The number of nitrogens with one attached hydrogen (secondary N) is 1. The van der Waals surface area contributed by atoms with Crippen LogP contribution in [0.25, 0.3) is 33.6 Å². The molecule has 2 aromatic heterocycles. The maximum atomic E-state index is 11.9. The van der Waals surface area contributed by atoms with E-state index < -0.39 is 0 Å². The zero-order chi connectivity index (χ0) is 35.0. The van der Waals surface area contributed by atoms with E-state index >= 15 is 0 Å². The Bertz CT molecular complexity index is 2060. The van der Waals surface area contributed by atoms with Gasteiger partial charge in [0.1, 0.15) is 0 Å². The summed E-state index contributed by atoms with van der Waals surface area (Å²) in [6.07, 6.45) is 4.83. The number of hydrogen-bond acceptors (Lipinski definition) is 8. The lowest BCUT2D eigenvalue weighted by Crippen LogP contribution is -2.58. The first kappa shape index (κ1) is 33.1. The first-order valence-corrected chi connectivity index (χ1v) is 18.6. The molecular formula is C40H41Cl2N5O4. The van der Waals surface area contributed by atoms with Gasteiger partial charge in [-0.25, -0.2) is 9.97 Å². The fourth-order valence-electron chi connectivity index (χ4n) is 9.24. The first-order valence-electron chi connectivity index (χ1n) is 17.8. The van der Waals surface area contributed by atoms with Crippen LogP contribution in [0.4, 0.5) is 0 Å². The Kier molecular flexibility index (Phi) is 8.28. The van der Waals surface area contributed by atoms with Gasteiger partial charge in [0.05, 0.1) is 41.8 Å². The van der Waals surface area contributed by atoms with E-state index in [0.717, 1.165) is 97.6 Å². The van der Waals surface area contributed by atoms with Crippen LogP contribution in [-0.2, 0) is 22.4 Å². The van der Waals surface area contributed by atoms with E-state index in [1.165, 1.54) is 16.7 Å². The van der Waals surface area contributed by atoms with E-state index in [2.05, 4.69) is 27.2 Å². The topological polar surface area (TPSA) is 89.1 Å². The van der Waals surface area contributed by atoms with Gasteiger partial charge < -0.3 is 19.5 Å². The maximum absolute atomic E-state index is 11.9. The number of benzene rings is 2. The van der Waals surface area contributed by atoms with Gasteiger partial charge in [-0.15, -0.1) is 0 Å². The lowest BCUT2D eigenvalue weighted by Gasteiger charge is -2.50. The number of likely N-dealkylation sites (tertiary alicyclic amines) is 2. The van der Waals surface area contributed by atoms with Crippen molar-refractivity contribution >= 4 is 29.1 Å². The van der Waals surface area contributed by atoms with Gasteiger partial charge in [-0.1, -0.05) is 59.6 Å². The molecule has 1 spiro atoms. The Labute approximate surface area is 308 Å². The molecule has 11 heteroatoms. The van der Waals surface area contributed by atoms with Gasteiger partial charge in [-0.05, 0) is 48.9 Å². The van der Waals surface area contributed by atoms with Gasteiger partial charge in [0, 0.05) is 97.1 Å². The van der Waals surface area contributed by atoms with Crippen molar-refractivity contribution in [1.82, 2.24) is 25.1 Å². The number of fused-ring (bicyclic) bond motifs is 2. The fraction of sp³-hybridized carbons (Fsp3) is 0.425. The Morgan fingerprint density at radius 1 is 0.765 bits per heavy atom. The van der Waals surface area contributed by atoms with E-state index in [1.54, 1.807) is 21.3 Å². The minimum absolute atomic E-state index is 0.0707. The fourth-order valence-corrected chi connectivity index (χ4v) is 9.89. The van der Waals surface area contributed by atoms with Gasteiger partial charge in [0.2, 0.25) is 17.7 Å². The molecule has 3 aliphatic heterocycles. The van der Waals surface area contributed by atoms with Crippen LogP contribution in [0.2, 0.25) is 10.0 Å². The Morgan fingerprint density at radius 3 is 1.75 bits per heavy atom. The zero-order valence-electron chi connectivity index (χ0n) is 29.1. The summed E-state index contributed by atoms with van der Waals surface area (Å²) in [6, 6.07) is 16.9. The van der Waals surface area contributed by atoms with Crippen molar-refractivity contribution < 1.29 is 19.0 Å². The standard InChI is InChI=1S/C40H41Cl2N5O4/c1-49-24-17-46(18-24)31-12-10-22-14-29(44-38(50-2)34(22)31)27-8-4-6-25(36(27)41)26-7-5-9-28(37(26)42)30-15-23-11-13-32(35(23)39(45-30)51-3)47-20-40(21-47)16-33(48)43-19-40/h4-9,14-15,24,31-32H,10-13,16-21H2,1-3H3,(H,43,48)/t31-,32-/m1/s1. The molecule has 0 unspecified atom stereocenters. The predicted octanol–water partition coefficient (Wildman–Crippen LogP) is 6.93. The van der Waals surface area contributed by atoms with Crippen molar-refractivity contribution in [3.05, 3.63) is 80.8 Å². The average Bonchev–Trinajstić information content (AvgIpc) is 3.84. The molecule has 5 heterocycles. The molecule has 264 valence electrons. The minimum atomic E-state index is 0.0707. The molecular weight excluding hydrogens is 685 g/mol. The summed E-state index contributed by atoms with van der Waals surface area (Å²) in [7, 11) is 5.16. The summed E-state index contributed by atoms with van der Waals surface area (Å²) >= 11 is 14.5. The number of halogens is 2. The van der Waals surface area contributed by atoms with Crippen molar-refractivity contribution in [1.29, 1.82) is 0 Å². The third-order valence-electron chi connectivity index (χ3n) is 11.8. The number of nitrogens with zero attached hydrogens (tertiary/aromatic N) is 4. The molecule has 3 fully saturated rings. The van der Waals surface area contributed by atoms with Crippen LogP contribution < -0.4 is 14.8 Å². The van der Waals surface area contributed by atoms with Gasteiger partial charge in [-0.3, -0.25) is 14.6 Å². The molecule has 0 saturated carbocycles. The van der Waals surface area contributed by atoms with Crippen LogP contribution in [0.3, 0.4) is 0 Å². The van der Waals surface area contributed by atoms with Gasteiger partial charge in [-0.2, -0.15) is 0 Å². The molecule has 2 aromatic carbocycles. The van der Waals surface area contributed by atoms with Crippen LogP contribution in [0.15, 0.2) is 48.5 Å². The highest BCUT2D eigenvalue weighted by Crippen LogP contribution is 2.50. The number of rotatable bonds is 8. The maximum Gasteiger partial charge on any atom is 0.220 e. The van der Waals surface area contributed by atoms with E-state index in [4.69, 9.17) is 47.4 Å². The Morgan fingerprint density at radius 2 is 1.27 bits per heavy atom. The molecule has 2 atom stereocenters. The molecule has 9 rings (SSSR count).